The zero-order valence-corrected chi connectivity index (χ0v) is 19.8. The van der Waals surface area contributed by atoms with Crippen molar-refractivity contribution in [3.05, 3.63) is 107 Å². The Hall–Kier alpha value is -4.19. The minimum atomic E-state index is -0.668. The molecule has 1 fully saturated rings. The molecule has 1 saturated heterocycles. The normalized spacial score (nSPS) is 17.4. The van der Waals surface area contributed by atoms with Crippen LogP contribution >= 0.6 is 0 Å². The maximum atomic E-state index is 13.2. The number of aliphatic hydroxyl groups is 1. The lowest BCUT2D eigenvalue weighted by Gasteiger charge is -2.25. The zero-order valence-electron chi connectivity index (χ0n) is 19.8. The summed E-state index contributed by atoms with van der Waals surface area (Å²) in [7, 11) is 0. The van der Waals surface area contributed by atoms with Crippen LogP contribution in [0.1, 0.15) is 40.8 Å². The smallest absolute Gasteiger partial charge is 0.295 e. The van der Waals surface area contributed by atoms with Crippen molar-refractivity contribution in [2.45, 2.75) is 32.7 Å². The molecule has 0 spiro atoms. The number of benzene rings is 2. The van der Waals surface area contributed by atoms with E-state index in [0.29, 0.717) is 18.5 Å². The molecule has 6 nitrogen and oxygen atoms in total. The fourth-order valence-electron chi connectivity index (χ4n) is 4.81. The number of nitrogens with one attached hydrogen (secondary N) is 1. The van der Waals surface area contributed by atoms with E-state index in [4.69, 9.17) is 0 Å². The van der Waals surface area contributed by atoms with Gasteiger partial charge in [-0.3, -0.25) is 14.6 Å². The second-order valence-electron chi connectivity index (χ2n) is 8.94. The number of amides is 1. The number of Topliss-reactive ketones (excluding diaryl/α,β-unsaturated/α-hetero) is 1. The van der Waals surface area contributed by atoms with E-state index in [-0.39, 0.29) is 11.3 Å². The van der Waals surface area contributed by atoms with Crippen LogP contribution in [0.2, 0.25) is 0 Å². The first kappa shape index (κ1) is 22.6. The lowest BCUT2D eigenvalue weighted by atomic mass is 9.94. The van der Waals surface area contributed by atoms with Crippen LogP contribution in [0.3, 0.4) is 0 Å². The molecule has 0 bridgehead atoms. The molecule has 1 amide bonds. The number of hydrogen-bond acceptors (Lipinski definition) is 4. The van der Waals surface area contributed by atoms with E-state index >= 15 is 0 Å². The van der Waals surface area contributed by atoms with Crippen molar-refractivity contribution >= 4 is 28.4 Å². The van der Waals surface area contributed by atoms with Gasteiger partial charge in [-0.15, -0.1) is 0 Å². The van der Waals surface area contributed by atoms with Gasteiger partial charge in [0.25, 0.3) is 11.7 Å². The molecule has 2 aromatic carbocycles. The van der Waals surface area contributed by atoms with Gasteiger partial charge in [-0.1, -0.05) is 43.3 Å². The number of aliphatic hydroxyl groups excluding tert-OH is 1. The number of H-pyrrole nitrogens is 1. The molecule has 5 rings (SSSR count). The summed E-state index contributed by atoms with van der Waals surface area (Å²) < 4.78 is 0. The third kappa shape index (κ3) is 4.12. The van der Waals surface area contributed by atoms with E-state index in [1.54, 1.807) is 29.4 Å². The highest BCUT2D eigenvalue weighted by Crippen LogP contribution is 2.39. The predicted octanol–water partition coefficient (Wildman–Crippen LogP) is 5.10. The zero-order chi connectivity index (χ0) is 24.5. The molecule has 176 valence electrons. The lowest BCUT2D eigenvalue weighted by Crippen LogP contribution is -2.31. The number of ketones is 1. The molecule has 3 heterocycles. The van der Waals surface area contributed by atoms with Crippen molar-refractivity contribution in [2.24, 2.45) is 0 Å². The Morgan fingerprint density at radius 1 is 1.06 bits per heavy atom. The molecular formula is C29H27N3O3. The van der Waals surface area contributed by atoms with Crippen LogP contribution in [0.15, 0.2) is 78.8 Å². The van der Waals surface area contributed by atoms with Gasteiger partial charge in [0.15, 0.2) is 0 Å². The van der Waals surface area contributed by atoms with Crippen LogP contribution in [-0.4, -0.2) is 38.2 Å². The Balaban J connectivity index is 1.55. The van der Waals surface area contributed by atoms with Crippen molar-refractivity contribution in [2.75, 3.05) is 6.54 Å². The topological polar surface area (TPSA) is 86.3 Å². The highest BCUT2D eigenvalue weighted by Gasteiger charge is 2.45. The van der Waals surface area contributed by atoms with Crippen LogP contribution in [-0.2, 0) is 22.4 Å². The molecule has 4 aromatic rings. The SMILES string of the molecule is CCc1ccc(C2/C(=C(\O)c3ccncc3)C(=O)C(=O)N2CCc2c[nH]c3cc(C)ccc23)cc1. The quantitative estimate of drug-likeness (QED) is 0.236. The number of fused-ring (bicyclic) bond motifs is 1. The van der Waals surface area contributed by atoms with Crippen molar-refractivity contribution in [3.63, 3.8) is 0 Å². The number of pyridine rings is 1. The fraction of sp³-hybridized carbons (Fsp3) is 0.207. The number of nitrogens with zero attached hydrogens (tertiary/aromatic N) is 2. The fourth-order valence-corrected chi connectivity index (χ4v) is 4.81. The van der Waals surface area contributed by atoms with E-state index in [1.165, 1.54) is 5.56 Å². The third-order valence-electron chi connectivity index (χ3n) is 6.74. The highest BCUT2D eigenvalue weighted by molar-refractivity contribution is 6.46. The van der Waals surface area contributed by atoms with E-state index in [0.717, 1.165) is 34.0 Å². The third-order valence-corrected chi connectivity index (χ3v) is 6.74. The van der Waals surface area contributed by atoms with Gasteiger partial charge >= 0.3 is 0 Å². The highest BCUT2D eigenvalue weighted by atomic mass is 16.3. The minimum Gasteiger partial charge on any atom is -0.507 e. The van der Waals surface area contributed by atoms with Gasteiger partial charge in [-0.25, -0.2) is 0 Å². The molecule has 6 heteroatoms. The standard InChI is InChI=1S/C29H27N3O3/c1-3-19-5-7-20(8-6-19)26-25(27(33)21-10-13-30-14-11-21)28(34)29(35)32(26)15-12-22-17-31-24-16-18(2)4-9-23(22)24/h4-11,13-14,16-17,26,31,33H,3,12,15H2,1-2H3/b27-25+. The number of hydrogen-bond donors (Lipinski definition) is 2. The van der Waals surface area contributed by atoms with E-state index in [2.05, 4.69) is 35.1 Å². The summed E-state index contributed by atoms with van der Waals surface area (Å²) in [5.41, 5.74) is 5.83. The summed E-state index contributed by atoms with van der Waals surface area (Å²) in [5, 5.41) is 12.2. The Labute approximate surface area is 203 Å². The Kier molecular flexibility index (Phi) is 5.95. The van der Waals surface area contributed by atoms with E-state index in [9.17, 15) is 14.7 Å². The largest absolute Gasteiger partial charge is 0.507 e. The second kappa shape index (κ2) is 9.22. The second-order valence-corrected chi connectivity index (χ2v) is 8.94. The molecule has 0 radical (unpaired) electrons. The Morgan fingerprint density at radius 3 is 2.51 bits per heavy atom. The van der Waals surface area contributed by atoms with Gasteiger partial charge in [0, 0.05) is 41.6 Å². The van der Waals surface area contributed by atoms with Crippen LogP contribution in [0.4, 0.5) is 0 Å². The number of aromatic nitrogens is 2. The molecule has 2 N–H and O–H groups in total. The Morgan fingerprint density at radius 2 is 1.80 bits per heavy atom. The van der Waals surface area contributed by atoms with Crippen molar-refractivity contribution in [1.29, 1.82) is 0 Å². The molecule has 2 aromatic heterocycles. The molecule has 0 saturated carbocycles. The average Bonchev–Trinajstić information content (AvgIpc) is 3.40. The molecule has 0 aliphatic carbocycles. The van der Waals surface area contributed by atoms with Crippen molar-refractivity contribution in [3.8, 4) is 0 Å². The monoisotopic (exact) mass is 465 g/mol. The molecule has 1 aliphatic rings. The van der Waals surface area contributed by atoms with Gasteiger partial charge in [0.05, 0.1) is 11.6 Å². The molecule has 1 atom stereocenters. The number of carbonyl (C=O) groups excluding carboxylic acids is 2. The van der Waals surface area contributed by atoms with E-state index < -0.39 is 17.7 Å². The summed E-state index contributed by atoms with van der Waals surface area (Å²) in [6.07, 6.45) is 6.53. The summed E-state index contributed by atoms with van der Waals surface area (Å²) in [6, 6.07) is 16.7. The number of rotatable bonds is 6. The first-order chi connectivity index (χ1) is 17.0. The van der Waals surface area contributed by atoms with Crippen LogP contribution in [0.25, 0.3) is 16.7 Å². The van der Waals surface area contributed by atoms with Crippen LogP contribution < -0.4 is 0 Å². The van der Waals surface area contributed by atoms with Gasteiger partial charge in [-0.05, 0) is 60.2 Å². The number of aryl methyl sites for hydroxylation is 2. The molecule has 1 aliphatic heterocycles. The maximum Gasteiger partial charge on any atom is 0.295 e. The number of likely N-dealkylation sites (tertiary alicyclic amines) is 1. The summed E-state index contributed by atoms with van der Waals surface area (Å²) in [4.78, 5) is 35.3. The Bertz CT molecular complexity index is 1440. The van der Waals surface area contributed by atoms with Gasteiger partial charge < -0.3 is 15.0 Å². The summed E-state index contributed by atoms with van der Waals surface area (Å²) >= 11 is 0. The van der Waals surface area contributed by atoms with Crippen LogP contribution in [0, 0.1) is 6.92 Å². The van der Waals surface area contributed by atoms with E-state index in [1.807, 2.05) is 37.4 Å². The van der Waals surface area contributed by atoms with Crippen LogP contribution in [0.5, 0.6) is 0 Å². The maximum absolute atomic E-state index is 13.2. The van der Waals surface area contributed by atoms with Crippen molar-refractivity contribution in [1.82, 2.24) is 14.9 Å². The number of carbonyl (C=O) groups is 2. The van der Waals surface area contributed by atoms with Crippen molar-refractivity contribution < 1.29 is 14.7 Å². The van der Waals surface area contributed by atoms with Gasteiger partial charge in [-0.2, -0.15) is 0 Å². The molecule has 1 unspecified atom stereocenters. The summed E-state index contributed by atoms with van der Waals surface area (Å²) in [6.45, 7) is 4.47. The van der Waals surface area contributed by atoms with Gasteiger partial charge in [0.1, 0.15) is 5.76 Å². The first-order valence-electron chi connectivity index (χ1n) is 11.8. The first-order valence-corrected chi connectivity index (χ1v) is 11.8. The predicted molar refractivity (Wildman–Crippen MR) is 136 cm³/mol. The molecular weight excluding hydrogens is 438 g/mol. The molecule has 35 heavy (non-hydrogen) atoms. The number of aromatic amines is 1. The lowest BCUT2D eigenvalue weighted by molar-refractivity contribution is -0.139. The minimum absolute atomic E-state index is 0.111. The summed E-state index contributed by atoms with van der Waals surface area (Å²) in [5.74, 6) is -1.44. The van der Waals surface area contributed by atoms with Gasteiger partial charge in [0.2, 0.25) is 0 Å². The average molecular weight is 466 g/mol.